The number of hydrogen-bond acceptors (Lipinski definition) is 5. The number of piperazine rings is 1. The monoisotopic (exact) mass is 573 g/mol. The van der Waals surface area contributed by atoms with Crippen LogP contribution in [0.25, 0.3) is 0 Å². The van der Waals surface area contributed by atoms with Gasteiger partial charge in [0.05, 0.1) is 32.7 Å². The molecule has 1 saturated heterocycles. The predicted molar refractivity (Wildman–Crippen MR) is 117 cm³/mol. The van der Waals surface area contributed by atoms with Crippen molar-refractivity contribution in [2.24, 2.45) is 0 Å². The highest BCUT2D eigenvalue weighted by molar-refractivity contribution is 5.99. The first kappa shape index (κ1) is 28.2. The van der Waals surface area contributed by atoms with Crippen LogP contribution < -0.4 is 39.3 Å². The van der Waals surface area contributed by atoms with Crippen LogP contribution in [0.4, 0.5) is 5.69 Å². The van der Waals surface area contributed by atoms with Gasteiger partial charge in [0.15, 0.2) is 0 Å². The van der Waals surface area contributed by atoms with Gasteiger partial charge in [-0.2, -0.15) is 0 Å². The number of benzene rings is 2. The molecule has 3 rings (SSSR count). The molecule has 7 nitrogen and oxygen atoms in total. The zero-order chi connectivity index (χ0) is 21.9. The van der Waals surface area contributed by atoms with E-state index in [1.54, 1.807) is 6.07 Å². The third kappa shape index (κ3) is 7.10. The number of ketones is 1. The topological polar surface area (TPSA) is 89.8 Å². The van der Waals surface area contributed by atoms with Gasteiger partial charge in [0.1, 0.15) is 50.0 Å². The Labute approximate surface area is 211 Å². The number of likely N-dealkylation sites (N-methyl/N-ethyl adjacent to an activating group) is 2. The van der Waals surface area contributed by atoms with Crippen LogP contribution in [0, 0.1) is 6.92 Å². The van der Waals surface area contributed by atoms with Gasteiger partial charge in [-0.25, -0.2) is 0 Å². The van der Waals surface area contributed by atoms with E-state index in [0.717, 1.165) is 55.0 Å². The summed E-state index contributed by atoms with van der Waals surface area (Å²) in [6.07, 6.45) is 0. The number of anilines is 1. The van der Waals surface area contributed by atoms with Crippen LogP contribution in [0.1, 0.15) is 15.9 Å². The fourth-order valence-corrected chi connectivity index (χ4v) is 3.95. The smallest absolute Gasteiger partial charge is 0.220 e. The number of nitrogens with zero attached hydrogens (tertiary/aromatic N) is 2. The first-order chi connectivity index (χ1) is 14.1. The lowest BCUT2D eigenvalue weighted by atomic mass is 10.1. The van der Waals surface area contributed by atoms with Gasteiger partial charge in [0.25, 0.3) is 0 Å². The van der Waals surface area contributed by atoms with E-state index in [2.05, 4.69) is 19.4 Å². The average Bonchev–Trinajstić information content (AvgIpc) is 2.67. The molecule has 1 aliphatic heterocycles. The first-order valence-electron chi connectivity index (χ1n) is 10.3. The normalized spacial score (nSPS) is 22.3. The van der Waals surface area contributed by atoms with Gasteiger partial charge in [-0.1, -0.05) is 6.07 Å². The molecular formula is C23H33Br2N3O4. The minimum atomic E-state index is -0.169. The van der Waals surface area contributed by atoms with Crippen molar-refractivity contribution in [3.63, 3.8) is 0 Å². The van der Waals surface area contributed by atoms with Gasteiger partial charge < -0.3 is 63.6 Å². The van der Waals surface area contributed by atoms with Gasteiger partial charge in [-0.3, -0.25) is 4.79 Å². The number of aryl methyl sites for hydroxylation is 1. The summed E-state index contributed by atoms with van der Waals surface area (Å²) in [5.41, 5.74) is 2.05. The highest BCUT2D eigenvalue weighted by Gasteiger charge is 2.38. The molecule has 0 spiro atoms. The molecule has 0 saturated carbocycles. The Balaban J connectivity index is 0.00000256. The van der Waals surface area contributed by atoms with Gasteiger partial charge in [0.2, 0.25) is 5.78 Å². The third-order valence-corrected chi connectivity index (χ3v) is 6.36. The molecule has 1 fully saturated rings. The number of rotatable bonds is 7. The average molecular weight is 575 g/mol. The largest absolute Gasteiger partial charge is 1.00 e. The summed E-state index contributed by atoms with van der Waals surface area (Å²) in [6, 6.07) is 9.75. The van der Waals surface area contributed by atoms with Gasteiger partial charge in [0, 0.05) is 17.8 Å². The van der Waals surface area contributed by atoms with E-state index in [1.807, 2.05) is 19.1 Å². The number of carbonyl (C=O) groups is 1. The van der Waals surface area contributed by atoms with Crippen molar-refractivity contribution in [1.29, 1.82) is 0 Å². The summed E-state index contributed by atoms with van der Waals surface area (Å²) in [7, 11) is 4.33. The molecule has 4 N–H and O–H groups in total. The van der Waals surface area contributed by atoms with Crippen molar-refractivity contribution < 1.29 is 63.0 Å². The Morgan fingerprint density at radius 1 is 0.906 bits per heavy atom. The second kappa shape index (κ2) is 11.4. The van der Waals surface area contributed by atoms with Crippen molar-refractivity contribution in [2.75, 3.05) is 65.2 Å². The lowest BCUT2D eigenvalue weighted by Crippen LogP contribution is -3.00. The molecule has 0 atom stereocenters. The fourth-order valence-electron chi connectivity index (χ4n) is 3.95. The molecule has 1 aliphatic rings. The summed E-state index contributed by atoms with van der Waals surface area (Å²) in [6.45, 7) is 7.67. The lowest BCUT2D eigenvalue weighted by molar-refractivity contribution is -1.01. The molecule has 2 aromatic carbocycles. The highest BCUT2D eigenvalue weighted by atomic mass is 79.9. The van der Waals surface area contributed by atoms with E-state index >= 15 is 0 Å². The molecule has 0 unspecified atom stereocenters. The van der Waals surface area contributed by atoms with Crippen LogP contribution in [0.2, 0.25) is 0 Å². The Kier molecular flexibility index (Phi) is 10.0. The number of halogens is 2. The summed E-state index contributed by atoms with van der Waals surface area (Å²) in [5.74, 6) is -0.0231. The number of aromatic hydroxyl groups is 3. The summed E-state index contributed by atoms with van der Waals surface area (Å²) in [5, 5.41) is 32.6. The van der Waals surface area contributed by atoms with Crippen LogP contribution in [0.3, 0.4) is 0 Å². The molecule has 1 heterocycles. The van der Waals surface area contributed by atoms with Gasteiger partial charge in [-0.15, -0.1) is 0 Å². The molecular weight excluding hydrogens is 542 g/mol. The first-order valence-corrected chi connectivity index (χ1v) is 10.3. The van der Waals surface area contributed by atoms with Crippen molar-refractivity contribution in [3.05, 3.63) is 47.5 Å². The van der Waals surface area contributed by atoms with Crippen LogP contribution in [-0.4, -0.2) is 90.0 Å². The van der Waals surface area contributed by atoms with Crippen molar-refractivity contribution in [2.45, 2.75) is 6.92 Å². The van der Waals surface area contributed by atoms with Crippen molar-refractivity contribution >= 4 is 11.5 Å². The van der Waals surface area contributed by atoms with Crippen LogP contribution in [-0.2, 0) is 0 Å². The molecule has 178 valence electrons. The second-order valence-corrected chi connectivity index (χ2v) is 9.07. The van der Waals surface area contributed by atoms with Gasteiger partial charge in [-0.05, 0) is 30.7 Å². The predicted octanol–water partition coefficient (Wildman–Crippen LogP) is -3.68. The van der Waals surface area contributed by atoms with E-state index in [-0.39, 0.29) is 56.8 Å². The number of hydrogen-bond donors (Lipinski definition) is 4. The maximum Gasteiger partial charge on any atom is 0.220 e. The summed E-state index contributed by atoms with van der Waals surface area (Å²) in [4.78, 5) is 12.7. The Morgan fingerprint density at radius 3 is 2.12 bits per heavy atom. The lowest BCUT2D eigenvalue weighted by Gasteiger charge is -2.46. The number of phenolic OH excluding ortho intramolecular Hbond substituents is 3. The molecule has 0 aliphatic carbocycles. The Bertz CT molecular complexity index is 931. The minimum Gasteiger partial charge on any atom is -1.00 e. The van der Waals surface area contributed by atoms with Crippen molar-refractivity contribution in [3.8, 4) is 17.2 Å². The molecule has 32 heavy (non-hydrogen) atoms. The van der Waals surface area contributed by atoms with Crippen LogP contribution in [0.15, 0.2) is 36.4 Å². The van der Waals surface area contributed by atoms with Gasteiger partial charge >= 0.3 is 0 Å². The molecule has 9 heteroatoms. The maximum absolute atomic E-state index is 12.7. The number of Topliss-reactive ketones (excluding diaryl/α,β-unsaturated/α-hetero) is 1. The SMILES string of the molecule is Cc1ccc(NCC[N+]2(C)CC[N+](C)(CC(=O)c3ccc(O)cc3O)CC2)cc1O.[Br-].[Br-]. The quantitative estimate of drug-likeness (QED) is 0.202. The fraction of sp³-hybridized carbons (Fsp3) is 0.435. The standard InChI is InChI=1S/C23H31N3O4.2BrH/c1-17-4-5-18(14-21(17)28)24-8-9-25(2)10-12-26(3,13-11-25)16-23(30)20-7-6-19(27)15-22(20)29;;/h4-7,14-15,24H,8-13,16H2,1-3H3,(H-2,27,28,29,30);2*1H. The number of phenols is 3. The molecule has 0 aromatic heterocycles. The number of quaternary nitrogens is 2. The Morgan fingerprint density at radius 2 is 1.53 bits per heavy atom. The number of nitrogens with one attached hydrogen (secondary N) is 1. The molecule has 0 amide bonds. The molecule has 2 aromatic rings. The molecule has 0 bridgehead atoms. The highest BCUT2D eigenvalue weighted by Crippen LogP contribution is 2.25. The van der Waals surface area contributed by atoms with E-state index in [9.17, 15) is 20.1 Å². The van der Waals surface area contributed by atoms with E-state index < -0.39 is 0 Å². The van der Waals surface area contributed by atoms with Crippen molar-refractivity contribution in [1.82, 2.24) is 0 Å². The minimum absolute atomic E-state index is 0. The van der Waals surface area contributed by atoms with E-state index in [1.165, 1.54) is 18.2 Å². The zero-order valence-corrected chi connectivity index (χ0v) is 22.0. The molecule has 0 radical (unpaired) electrons. The summed E-state index contributed by atoms with van der Waals surface area (Å²) >= 11 is 0. The zero-order valence-electron chi connectivity index (χ0n) is 18.8. The summed E-state index contributed by atoms with van der Waals surface area (Å²) < 4.78 is 1.57. The number of carbonyl (C=O) groups excluding carboxylic acids is 1. The van der Waals surface area contributed by atoms with E-state index in [4.69, 9.17) is 0 Å². The maximum atomic E-state index is 12.7. The third-order valence-electron chi connectivity index (χ3n) is 6.36. The Hall–Kier alpha value is -1.81. The van der Waals surface area contributed by atoms with E-state index in [0.29, 0.717) is 16.8 Å². The van der Waals surface area contributed by atoms with Crippen LogP contribution in [0.5, 0.6) is 17.2 Å². The van der Waals surface area contributed by atoms with Crippen LogP contribution >= 0.6 is 0 Å². The second-order valence-electron chi connectivity index (χ2n) is 9.07.